The van der Waals surface area contributed by atoms with E-state index < -0.39 is 0 Å². The Morgan fingerprint density at radius 3 is 2.30 bits per heavy atom. The number of nitrogens with zero attached hydrogens (tertiary/aromatic N) is 3. The van der Waals surface area contributed by atoms with Gasteiger partial charge in [-0.05, 0) is 26.0 Å². The Hall–Kier alpha value is -2.10. The van der Waals surface area contributed by atoms with E-state index in [1.54, 1.807) is 0 Å². The van der Waals surface area contributed by atoms with Crippen molar-refractivity contribution in [3.05, 3.63) is 41.2 Å². The molecule has 2 aromatic rings. The monoisotopic (exact) mass is 270 g/mol. The van der Waals surface area contributed by atoms with Crippen molar-refractivity contribution >= 4 is 17.3 Å². The Kier molecular flexibility index (Phi) is 4.23. The van der Waals surface area contributed by atoms with E-state index in [9.17, 15) is 0 Å². The summed E-state index contributed by atoms with van der Waals surface area (Å²) in [5, 5.41) is 3.15. The van der Waals surface area contributed by atoms with Crippen LogP contribution in [0.4, 0.5) is 17.3 Å². The van der Waals surface area contributed by atoms with Gasteiger partial charge >= 0.3 is 0 Å². The minimum absolute atomic E-state index is 0.823. The first-order valence-corrected chi connectivity index (χ1v) is 6.92. The molecular formula is C16H22N4. The van der Waals surface area contributed by atoms with Crippen LogP contribution in [0.2, 0.25) is 0 Å². The molecule has 0 aliphatic carbocycles. The van der Waals surface area contributed by atoms with Crippen molar-refractivity contribution in [2.75, 3.05) is 24.3 Å². The lowest BCUT2D eigenvalue weighted by Crippen LogP contribution is -2.16. The lowest BCUT2D eigenvalue weighted by molar-refractivity contribution is 0.917. The fourth-order valence-electron chi connectivity index (χ4n) is 2.17. The zero-order chi connectivity index (χ0) is 14.7. The Morgan fingerprint density at radius 1 is 1.10 bits per heavy atom. The van der Waals surface area contributed by atoms with E-state index in [4.69, 9.17) is 0 Å². The number of aromatic nitrogens is 2. The van der Waals surface area contributed by atoms with Crippen molar-refractivity contribution in [3.63, 3.8) is 0 Å². The molecule has 0 saturated heterocycles. The van der Waals surface area contributed by atoms with Crippen molar-refractivity contribution in [1.82, 2.24) is 9.97 Å². The molecule has 1 aromatic heterocycles. The number of hydrogen-bond donors (Lipinski definition) is 1. The molecule has 1 heterocycles. The molecule has 0 spiro atoms. The molecule has 4 heteroatoms. The van der Waals surface area contributed by atoms with Crippen molar-refractivity contribution in [2.24, 2.45) is 0 Å². The number of nitrogens with one attached hydrogen (secondary N) is 1. The summed E-state index contributed by atoms with van der Waals surface area (Å²) >= 11 is 0. The minimum atomic E-state index is 0.823. The van der Waals surface area contributed by atoms with E-state index in [2.05, 4.69) is 58.3 Å². The third kappa shape index (κ3) is 2.74. The highest BCUT2D eigenvalue weighted by molar-refractivity contribution is 5.66. The Morgan fingerprint density at radius 2 is 1.75 bits per heavy atom. The predicted octanol–water partition coefficient (Wildman–Crippen LogP) is 3.47. The smallest absolute Gasteiger partial charge is 0.141 e. The first kappa shape index (κ1) is 14.3. The van der Waals surface area contributed by atoms with Gasteiger partial charge < -0.3 is 10.2 Å². The molecule has 0 saturated carbocycles. The predicted molar refractivity (Wildman–Crippen MR) is 84.9 cm³/mol. The van der Waals surface area contributed by atoms with Gasteiger partial charge in [0.2, 0.25) is 0 Å². The molecule has 0 atom stereocenters. The van der Waals surface area contributed by atoms with Crippen LogP contribution >= 0.6 is 0 Å². The van der Waals surface area contributed by atoms with Crippen molar-refractivity contribution in [1.29, 1.82) is 0 Å². The van der Waals surface area contributed by atoms with Gasteiger partial charge in [0.25, 0.3) is 0 Å². The minimum Gasteiger partial charge on any atom is -0.373 e. The highest BCUT2D eigenvalue weighted by Crippen LogP contribution is 2.28. The first-order valence-electron chi connectivity index (χ1n) is 6.92. The van der Waals surface area contributed by atoms with Crippen molar-refractivity contribution in [3.8, 4) is 0 Å². The largest absolute Gasteiger partial charge is 0.373 e. The standard InChI is InChI=1S/C16H22N4/c1-6-14-18-15(17-4)12(3)16(19-14)20(5)13-9-7-11(2)8-10-13/h7-10H,6H2,1-5H3,(H,17,18,19). The van der Waals surface area contributed by atoms with E-state index in [0.717, 1.165) is 35.1 Å². The fraction of sp³-hybridized carbons (Fsp3) is 0.375. The van der Waals surface area contributed by atoms with Gasteiger partial charge in [-0.25, -0.2) is 9.97 Å². The number of hydrogen-bond acceptors (Lipinski definition) is 4. The summed E-state index contributed by atoms with van der Waals surface area (Å²) in [6, 6.07) is 8.45. The quantitative estimate of drug-likeness (QED) is 0.923. The molecule has 0 unspecified atom stereocenters. The lowest BCUT2D eigenvalue weighted by atomic mass is 10.2. The summed E-state index contributed by atoms with van der Waals surface area (Å²) in [6.07, 6.45) is 0.823. The van der Waals surface area contributed by atoms with Gasteiger partial charge in [0.15, 0.2) is 0 Å². The summed E-state index contributed by atoms with van der Waals surface area (Å²) in [5.41, 5.74) is 3.45. The van der Waals surface area contributed by atoms with Gasteiger partial charge in [0.1, 0.15) is 17.5 Å². The highest BCUT2D eigenvalue weighted by atomic mass is 15.2. The molecule has 0 fully saturated rings. The van der Waals surface area contributed by atoms with E-state index >= 15 is 0 Å². The van der Waals surface area contributed by atoms with Crippen molar-refractivity contribution < 1.29 is 0 Å². The van der Waals surface area contributed by atoms with Gasteiger partial charge in [-0.2, -0.15) is 0 Å². The van der Waals surface area contributed by atoms with Gasteiger partial charge in [-0.1, -0.05) is 24.6 Å². The first-order chi connectivity index (χ1) is 9.56. The van der Waals surface area contributed by atoms with Crippen LogP contribution in [0, 0.1) is 13.8 Å². The Labute approximate surface area is 120 Å². The molecular weight excluding hydrogens is 248 g/mol. The number of rotatable bonds is 4. The number of anilines is 3. The third-order valence-corrected chi connectivity index (χ3v) is 3.46. The summed E-state index contributed by atoms with van der Waals surface area (Å²) in [6.45, 7) is 6.21. The maximum Gasteiger partial charge on any atom is 0.141 e. The van der Waals surface area contributed by atoms with Gasteiger partial charge in [-0.15, -0.1) is 0 Å². The Balaban J connectivity index is 2.47. The maximum absolute atomic E-state index is 4.67. The van der Waals surface area contributed by atoms with Crippen LogP contribution in [-0.4, -0.2) is 24.1 Å². The molecule has 0 radical (unpaired) electrons. The SMILES string of the molecule is CCc1nc(NC)c(C)c(N(C)c2ccc(C)cc2)n1. The average Bonchev–Trinajstić information content (AvgIpc) is 2.47. The normalized spacial score (nSPS) is 10.4. The second-order valence-corrected chi connectivity index (χ2v) is 4.94. The van der Waals surface area contributed by atoms with E-state index in [-0.39, 0.29) is 0 Å². The molecule has 0 bridgehead atoms. The molecule has 106 valence electrons. The molecule has 1 N–H and O–H groups in total. The summed E-state index contributed by atoms with van der Waals surface area (Å²) < 4.78 is 0. The van der Waals surface area contributed by atoms with Crippen LogP contribution < -0.4 is 10.2 Å². The summed E-state index contributed by atoms with van der Waals surface area (Å²) in [4.78, 5) is 11.3. The number of benzene rings is 1. The average molecular weight is 270 g/mol. The Bertz CT molecular complexity index is 590. The lowest BCUT2D eigenvalue weighted by Gasteiger charge is -2.22. The molecule has 0 amide bonds. The van der Waals surface area contributed by atoms with Gasteiger partial charge in [0, 0.05) is 31.8 Å². The van der Waals surface area contributed by atoms with Crippen LogP contribution in [0.25, 0.3) is 0 Å². The van der Waals surface area contributed by atoms with Crippen LogP contribution in [-0.2, 0) is 6.42 Å². The molecule has 0 aliphatic rings. The van der Waals surface area contributed by atoms with Crippen LogP contribution in [0.1, 0.15) is 23.9 Å². The molecule has 20 heavy (non-hydrogen) atoms. The molecule has 4 nitrogen and oxygen atoms in total. The third-order valence-electron chi connectivity index (χ3n) is 3.46. The zero-order valence-corrected chi connectivity index (χ0v) is 12.9. The molecule has 1 aromatic carbocycles. The molecule has 0 aliphatic heterocycles. The summed E-state index contributed by atoms with van der Waals surface area (Å²) in [5.74, 6) is 2.70. The second-order valence-electron chi connectivity index (χ2n) is 4.94. The topological polar surface area (TPSA) is 41.1 Å². The van der Waals surface area contributed by atoms with Crippen LogP contribution in [0.15, 0.2) is 24.3 Å². The van der Waals surface area contributed by atoms with E-state index in [1.807, 2.05) is 21.0 Å². The van der Waals surface area contributed by atoms with E-state index in [0.29, 0.717) is 0 Å². The highest BCUT2D eigenvalue weighted by Gasteiger charge is 2.14. The van der Waals surface area contributed by atoms with Crippen LogP contribution in [0.3, 0.4) is 0 Å². The summed E-state index contributed by atoms with van der Waals surface area (Å²) in [7, 11) is 3.93. The zero-order valence-electron chi connectivity index (χ0n) is 12.9. The van der Waals surface area contributed by atoms with Gasteiger partial charge in [-0.3, -0.25) is 0 Å². The van der Waals surface area contributed by atoms with Crippen molar-refractivity contribution in [2.45, 2.75) is 27.2 Å². The number of aryl methyl sites for hydroxylation is 2. The molecule has 2 rings (SSSR count). The fourth-order valence-corrected chi connectivity index (χ4v) is 2.17. The second kappa shape index (κ2) is 5.90. The van der Waals surface area contributed by atoms with E-state index in [1.165, 1.54) is 5.56 Å². The van der Waals surface area contributed by atoms with Crippen LogP contribution in [0.5, 0.6) is 0 Å². The van der Waals surface area contributed by atoms with Gasteiger partial charge in [0.05, 0.1) is 0 Å². The maximum atomic E-state index is 4.67.